The Morgan fingerprint density at radius 2 is 1.75 bits per heavy atom. The summed E-state index contributed by atoms with van der Waals surface area (Å²) in [6.45, 7) is 5.54. The van der Waals surface area contributed by atoms with E-state index in [1.807, 2.05) is 18.2 Å². The van der Waals surface area contributed by atoms with Crippen molar-refractivity contribution in [3.8, 4) is 5.75 Å². The molecule has 0 amide bonds. The molecule has 0 radical (unpaired) electrons. The summed E-state index contributed by atoms with van der Waals surface area (Å²) in [4.78, 5) is 2.82. The van der Waals surface area contributed by atoms with Crippen LogP contribution in [0.1, 0.15) is 71.6 Å². The molecular weight excluding hydrogens is 389 g/mol. The minimum Gasteiger partial charge on any atom is -0.493 e. The van der Waals surface area contributed by atoms with Gasteiger partial charge in [-0.3, -0.25) is 4.90 Å². The normalized spacial score (nSPS) is 31.9. The van der Waals surface area contributed by atoms with Crippen molar-refractivity contribution in [3.63, 3.8) is 0 Å². The Morgan fingerprint density at radius 3 is 2.43 bits per heavy atom. The molecule has 2 unspecified atom stereocenters. The average molecular weight is 424 g/mol. The molecular formula is C24H35Cl2NO. The average Bonchev–Trinajstić information content (AvgIpc) is 2.84. The van der Waals surface area contributed by atoms with Crippen LogP contribution in [0.15, 0.2) is 18.2 Å². The number of ether oxygens (including phenoxy) is 1. The Bertz CT molecular complexity index is 656. The summed E-state index contributed by atoms with van der Waals surface area (Å²) < 4.78 is 6.34. The Kier molecular flexibility index (Phi) is 6.80. The number of piperidine rings is 1. The molecule has 0 spiro atoms. The molecule has 2 nitrogen and oxygen atoms in total. The van der Waals surface area contributed by atoms with Crippen LogP contribution in [0.2, 0.25) is 10.0 Å². The second-order valence-electron chi connectivity index (χ2n) is 9.54. The standard InChI is InChI=1S/C24H35Cl2NO/c1-16(2)27-18-9-12-24(27)21(15-28-19-10-11-22(25)23(26)14-19)20(13-18)17-7-5-3-4-6-8-17/h10-11,14,16-18,20-21,24H,3-9,12-13,15H2,1-2H3/t18?,20-,21+,24?/m0/s1. The van der Waals surface area contributed by atoms with Crippen LogP contribution < -0.4 is 4.74 Å². The predicted octanol–water partition coefficient (Wildman–Crippen LogP) is 7.22. The van der Waals surface area contributed by atoms with E-state index in [1.165, 1.54) is 57.8 Å². The molecule has 156 valence electrons. The maximum absolute atomic E-state index is 6.34. The Morgan fingerprint density at radius 1 is 1.00 bits per heavy atom. The predicted molar refractivity (Wildman–Crippen MR) is 119 cm³/mol. The van der Waals surface area contributed by atoms with Gasteiger partial charge in [-0.2, -0.15) is 0 Å². The van der Waals surface area contributed by atoms with Crippen LogP contribution in [0.25, 0.3) is 0 Å². The number of halogens is 2. The van der Waals surface area contributed by atoms with E-state index in [2.05, 4.69) is 18.7 Å². The van der Waals surface area contributed by atoms with E-state index in [0.717, 1.165) is 30.2 Å². The van der Waals surface area contributed by atoms with Crippen LogP contribution in [-0.2, 0) is 0 Å². The monoisotopic (exact) mass is 423 g/mol. The zero-order valence-corrected chi connectivity index (χ0v) is 18.9. The van der Waals surface area contributed by atoms with Gasteiger partial charge in [-0.25, -0.2) is 0 Å². The van der Waals surface area contributed by atoms with Gasteiger partial charge in [0.25, 0.3) is 0 Å². The SMILES string of the molecule is CC(C)N1C2CCC1[C@H](COc1ccc(Cl)c(Cl)c1)[C@H](C1CCCCCC1)C2. The minimum atomic E-state index is 0.577. The summed E-state index contributed by atoms with van der Waals surface area (Å²) in [5.41, 5.74) is 0. The van der Waals surface area contributed by atoms with Crippen LogP contribution in [0.5, 0.6) is 5.75 Å². The van der Waals surface area contributed by atoms with Crippen molar-refractivity contribution in [3.05, 3.63) is 28.2 Å². The molecule has 1 aromatic rings. The maximum Gasteiger partial charge on any atom is 0.120 e. The van der Waals surface area contributed by atoms with E-state index in [9.17, 15) is 0 Å². The zero-order valence-electron chi connectivity index (χ0n) is 17.4. The number of benzene rings is 1. The highest BCUT2D eigenvalue weighted by atomic mass is 35.5. The van der Waals surface area contributed by atoms with Crippen LogP contribution in [0, 0.1) is 17.8 Å². The van der Waals surface area contributed by atoms with Gasteiger partial charge in [0.05, 0.1) is 16.7 Å². The minimum absolute atomic E-state index is 0.577. The summed E-state index contributed by atoms with van der Waals surface area (Å²) in [6.07, 6.45) is 12.6. The fraction of sp³-hybridized carbons (Fsp3) is 0.750. The zero-order chi connectivity index (χ0) is 19.7. The smallest absolute Gasteiger partial charge is 0.120 e. The summed E-state index contributed by atoms with van der Waals surface area (Å²) >= 11 is 12.3. The van der Waals surface area contributed by atoms with Crippen LogP contribution in [0.4, 0.5) is 0 Å². The van der Waals surface area contributed by atoms with Crippen molar-refractivity contribution < 1.29 is 4.74 Å². The fourth-order valence-electron chi connectivity index (χ4n) is 6.46. The molecule has 2 saturated heterocycles. The highest BCUT2D eigenvalue weighted by Gasteiger charge is 2.49. The van der Waals surface area contributed by atoms with E-state index in [4.69, 9.17) is 27.9 Å². The van der Waals surface area contributed by atoms with Crippen LogP contribution >= 0.6 is 23.2 Å². The first-order chi connectivity index (χ1) is 13.5. The second kappa shape index (κ2) is 9.14. The first-order valence-corrected chi connectivity index (χ1v) is 12.2. The first-order valence-electron chi connectivity index (χ1n) is 11.4. The molecule has 0 N–H and O–H groups in total. The maximum atomic E-state index is 6.34. The molecule has 4 heteroatoms. The van der Waals surface area contributed by atoms with Crippen molar-refractivity contribution in [2.75, 3.05) is 6.61 Å². The van der Waals surface area contributed by atoms with Gasteiger partial charge in [0.15, 0.2) is 0 Å². The van der Waals surface area contributed by atoms with Gasteiger partial charge in [0.2, 0.25) is 0 Å². The largest absolute Gasteiger partial charge is 0.493 e. The number of hydrogen-bond donors (Lipinski definition) is 0. The van der Waals surface area contributed by atoms with Crippen molar-refractivity contribution in [1.82, 2.24) is 4.90 Å². The quantitative estimate of drug-likeness (QED) is 0.463. The summed E-state index contributed by atoms with van der Waals surface area (Å²) in [5, 5.41) is 1.17. The topological polar surface area (TPSA) is 12.5 Å². The highest BCUT2D eigenvalue weighted by molar-refractivity contribution is 6.42. The lowest BCUT2D eigenvalue weighted by atomic mass is 9.70. The van der Waals surface area contributed by atoms with Crippen LogP contribution in [-0.4, -0.2) is 29.6 Å². The molecule has 28 heavy (non-hydrogen) atoms. The summed E-state index contributed by atoms with van der Waals surface area (Å²) in [5.74, 6) is 3.18. The number of rotatable bonds is 5. The lowest BCUT2D eigenvalue weighted by molar-refractivity contribution is -0.0212. The van der Waals surface area contributed by atoms with E-state index in [-0.39, 0.29) is 0 Å². The van der Waals surface area contributed by atoms with Crippen molar-refractivity contribution in [1.29, 1.82) is 0 Å². The van der Waals surface area contributed by atoms with Gasteiger partial charge >= 0.3 is 0 Å². The summed E-state index contributed by atoms with van der Waals surface area (Å²) in [6, 6.07) is 7.75. The molecule has 3 aliphatic rings. The molecule has 1 saturated carbocycles. The lowest BCUT2D eigenvalue weighted by Gasteiger charge is -2.49. The molecule has 2 bridgehead atoms. The van der Waals surface area contributed by atoms with Gasteiger partial charge < -0.3 is 4.74 Å². The third-order valence-corrected chi connectivity index (χ3v) is 8.36. The van der Waals surface area contributed by atoms with Crippen molar-refractivity contribution in [2.45, 2.75) is 89.8 Å². The van der Waals surface area contributed by atoms with E-state index in [0.29, 0.717) is 28.0 Å². The molecule has 2 heterocycles. The van der Waals surface area contributed by atoms with Gasteiger partial charge in [-0.15, -0.1) is 0 Å². The molecule has 2 aliphatic heterocycles. The van der Waals surface area contributed by atoms with Gasteiger partial charge in [0.1, 0.15) is 5.75 Å². The highest BCUT2D eigenvalue weighted by Crippen LogP contribution is 2.48. The van der Waals surface area contributed by atoms with E-state index in [1.54, 1.807) is 0 Å². The number of nitrogens with zero attached hydrogens (tertiary/aromatic N) is 1. The molecule has 0 aromatic heterocycles. The Hall–Kier alpha value is -0.440. The van der Waals surface area contributed by atoms with Gasteiger partial charge in [0, 0.05) is 30.1 Å². The molecule has 1 aliphatic carbocycles. The van der Waals surface area contributed by atoms with Gasteiger partial charge in [-0.1, -0.05) is 61.7 Å². The third kappa shape index (κ3) is 4.35. The van der Waals surface area contributed by atoms with Gasteiger partial charge in [-0.05, 0) is 57.1 Å². The van der Waals surface area contributed by atoms with E-state index >= 15 is 0 Å². The summed E-state index contributed by atoms with van der Waals surface area (Å²) in [7, 11) is 0. The van der Waals surface area contributed by atoms with E-state index < -0.39 is 0 Å². The number of hydrogen-bond acceptors (Lipinski definition) is 2. The van der Waals surface area contributed by atoms with Crippen molar-refractivity contribution >= 4 is 23.2 Å². The Labute approximate surface area is 180 Å². The molecule has 3 fully saturated rings. The lowest BCUT2D eigenvalue weighted by Crippen LogP contribution is -2.54. The Balaban J connectivity index is 1.53. The third-order valence-electron chi connectivity index (χ3n) is 7.62. The molecule has 1 aromatic carbocycles. The second-order valence-corrected chi connectivity index (χ2v) is 10.4. The van der Waals surface area contributed by atoms with Crippen molar-refractivity contribution in [2.24, 2.45) is 17.8 Å². The first kappa shape index (κ1) is 20.8. The molecule has 4 atom stereocenters. The fourth-order valence-corrected chi connectivity index (χ4v) is 6.75. The van der Waals surface area contributed by atoms with Crippen LogP contribution in [0.3, 0.4) is 0 Å². The molecule has 4 rings (SSSR count). The number of fused-ring (bicyclic) bond motifs is 2.